The molecule has 0 spiro atoms. The van der Waals surface area contributed by atoms with Crippen molar-refractivity contribution in [1.29, 1.82) is 5.26 Å². The fraction of sp³-hybridized carbons (Fsp3) is 0.300. The molecule has 0 fully saturated rings. The predicted molar refractivity (Wildman–Crippen MR) is 66.4 cm³/mol. The summed E-state index contributed by atoms with van der Waals surface area (Å²) >= 11 is 0. The van der Waals surface area contributed by atoms with Crippen LogP contribution in [0.15, 0.2) is 18.2 Å². The van der Waals surface area contributed by atoms with Crippen LogP contribution >= 0.6 is 0 Å². The third kappa shape index (κ3) is 3.94. The van der Waals surface area contributed by atoms with Crippen LogP contribution in [-0.4, -0.2) is 15.0 Å². The van der Waals surface area contributed by atoms with Crippen molar-refractivity contribution in [2.75, 3.05) is 17.0 Å². The summed E-state index contributed by atoms with van der Waals surface area (Å²) in [6.45, 7) is 2.19. The molecule has 0 aliphatic rings. The molecule has 6 nitrogen and oxygen atoms in total. The van der Waals surface area contributed by atoms with Gasteiger partial charge < -0.3 is 5.73 Å². The number of rotatable bonds is 5. The number of nitriles is 1. The van der Waals surface area contributed by atoms with E-state index in [4.69, 9.17) is 11.0 Å². The Bertz CT molecular complexity index is 534. The van der Waals surface area contributed by atoms with Crippen molar-refractivity contribution in [3.63, 3.8) is 0 Å². The molecule has 0 atom stereocenters. The van der Waals surface area contributed by atoms with Gasteiger partial charge in [0.1, 0.15) is 6.07 Å². The molecule has 0 aliphatic carbocycles. The second-order valence-electron chi connectivity index (χ2n) is 3.42. The number of anilines is 2. The zero-order valence-electron chi connectivity index (χ0n) is 9.40. The van der Waals surface area contributed by atoms with Gasteiger partial charge in [0.2, 0.25) is 0 Å². The number of nitrogen functional groups attached to an aromatic ring is 1. The van der Waals surface area contributed by atoms with Crippen LogP contribution in [0.1, 0.15) is 18.9 Å². The largest absolute Gasteiger partial charge is 0.399 e. The van der Waals surface area contributed by atoms with Crippen LogP contribution < -0.4 is 15.2 Å². The van der Waals surface area contributed by atoms with Gasteiger partial charge in [-0.25, -0.2) is 0 Å². The second kappa shape index (κ2) is 5.52. The van der Waals surface area contributed by atoms with Crippen LogP contribution in [0.5, 0.6) is 0 Å². The van der Waals surface area contributed by atoms with Gasteiger partial charge >= 0.3 is 0 Å². The van der Waals surface area contributed by atoms with E-state index in [1.54, 1.807) is 0 Å². The molecule has 7 heteroatoms. The minimum absolute atomic E-state index is 0.187. The Kier molecular flexibility index (Phi) is 4.31. The lowest BCUT2D eigenvalue weighted by molar-refractivity contribution is 0.586. The van der Waals surface area contributed by atoms with E-state index < -0.39 is 10.2 Å². The number of hydrogen-bond acceptors (Lipinski definition) is 4. The summed E-state index contributed by atoms with van der Waals surface area (Å²) < 4.78 is 27.7. The van der Waals surface area contributed by atoms with Crippen LogP contribution in [-0.2, 0) is 10.2 Å². The molecule has 0 bridgehead atoms. The average Bonchev–Trinajstić information content (AvgIpc) is 2.28. The molecular weight excluding hydrogens is 240 g/mol. The molecule has 0 saturated carbocycles. The molecule has 0 heterocycles. The van der Waals surface area contributed by atoms with Gasteiger partial charge in [-0.2, -0.15) is 18.4 Å². The molecule has 1 aromatic rings. The zero-order chi connectivity index (χ0) is 12.9. The molecule has 0 unspecified atom stereocenters. The molecule has 1 rings (SSSR count). The Labute approximate surface area is 101 Å². The number of nitrogens with zero attached hydrogens (tertiary/aromatic N) is 1. The van der Waals surface area contributed by atoms with Crippen LogP contribution in [0.2, 0.25) is 0 Å². The van der Waals surface area contributed by atoms with Crippen molar-refractivity contribution < 1.29 is 8.42 Å². The summed E-state index contributed by atoms with van der Waals surface area (Å²) in [6, 6.07) is 6.28. The lowest BCUT2D eigenvalue weighted by Gasteiger charge is -2.10. The van der Waals surface area contributed by atoms with E-state index in [1.807, 2.05) is 13.0 Å². The van der Waals surface area contributed by atoms with Crippen molar-refractivity contribution >= 4 is 21.6 Å². The maximum atomic E-state index is 11.5. The molecule has 0 saturated heterocycles. The third-order valence-corrected chi connectivity index (χ3v) is 3.02. The highest BCUT2D eigenvalue weighted by Crippen LogP contribution is 2.18. The molecule has 0 aromatic heterocycles. The first-order valence-corrected chi connectivity index (χ1v) is 6.54. The third-order valence-electron chi connectivity index (χ3n) is 1.95. The summed E-state index contributed by atoms with van der Waals surface area (Å²) in [5.74, 6) is 0. The number of nitrogens with one attached hydrogen (secondary N) is 2. The first-order chi connectivity index (χ1) is 7.98. The summed E-state index contributed by atoms with van der Waals surface area (Å²) in [5, 5.41) is 8.85. The van der Waals surface area contributed by atoms with Gasteiger partial charge in [-0.3, -0.25) is 4.72 Å². The standard InChI is InChI=1S/C10H14N4O2S/c1-2-5-13-17(15,16)14-10-4-3-9(12)6-8(10)7-11/h3-4,6,13-14H,2,5,12H2,1H3. The lowest BCUT2D eigenvalue weighted by Crippen LogP contribution is -2.30. The van der Waals surface area contributed by atoms with Crippen molar-refractivity contribution in [1.82, 2.24) is 4.72 Å². The van der Waals surface area contributed by atoms with Crippen molar-refractivity contribution in [2.45, 2.75) is 13.3 Å². The van der Waals surface area contributed by atoms with Crippen LogP contribution in [0.3, 0.4) is 0 Å². The highest BCUT2D eigenvalue weighted by molar-refractivity contribution is 7.90. The van der Waals surface area contributed by atoms with E-state index in [2.05, 4.69) is 9.44 Å². The number of hydrogen-bond donors (Lipinski definition) is 3. The first kappa shape index (κ1) is 13.3. The molecule has 0 aliphatic heterocycles. The summed E-state index contributed by atoms with van der Waals surface area (Å²) in [4.78, 5) is 0. The molecule has 4 N–H and O–H groups in total. The van der Waals surface area contributed by atoms with Gasteiger partial charge in [0.15, 0.2) is 0 Å². The van der Waals surface area contributed by atoms with Gasteiger partial charge in [-0.15, -0.1) is 0 Å². The maximum Gasteiger partial charge on any atom is 0.299 e. The molecule has 92 valence electrons. The highest BCUT2D eigenvalue weighted by Gasteiger charge is 2.11. The van der Waals surface area contributed by atoms with Crippen LogP contribution in [0, 0.1) is 11.3 Å². The highest BCUT2D eigenvalue weighted by atomic mass is 32.2. The molecule has 0 amide bonds. The van der Waals surface area contributed by atoms with E-state index in [9.17, 15) is 8.42 Å². The number of benzene rings is 1. The van der Waals surface area contributed by atoms with Gasteiger partial charge in [0.05, 0.1) is 11.3 Å². The van der Waals surface area contributed by atoms with E-state index in [-0.39, 0.29) is 11.3 Å². The SMILES string of the molecule is CCCNS(=O)(=O)Nc1ccc(N)cc1C#N. The zero-order valence-corrected chi connectivity index (χ0v) is 10.2. The van der Waals surface area contributed by atoms with Gasteiger partial charge in [0.25, 0.3) is 10.2 Å². The van der Waals surface area contributed by atoms with Gasteiger partial charge in [-0.1, -0.05) is 6.92 Å². The molecule has 0 radical (unpaired) electrons. The Morgan fingerprint density at radius 3 is 2.76 bits per heavy atom. The van der Waals surface area contributed by atoms with Gasteiger partial charge in [-0.05, 0) is 24.6 Å². The topological polar surface area (TPSA) is 108 Å². The minimum atomic E-state index is -3.63. The minimum Gasteiger partial charge on any atom is -0.399 e. The first-order valence-electron chi connectivity index (χ1n) is 5.05. The van der Waals surface area contributed by atoms with Crippen molar-refractivity contribution in [3.05, 3.63) is 23.8 Å². The molecular formula is C10H14N4O2S. The predicted octanol–water partition coefficient (Wildman–Crippen LogP) is 0.797. The second-order valence-corrected chi connectivity index (χ2v) is 4.92. The van der Waals surface area contributed by atoms with Crippen LogP contribution in [0.25, 0.3) is 0 Å². The average molecular weight is 254 g/mol. The van der Waals surface area contributed by atoms with Gasteiger partial charge in [0, 0.05) is 12.2 Å². The molecule has 1 aromatic carbocycles. The smallest absolute Gasteiger partial charge is 0.299 e. The Morgan fingerprint density at radius 2 is 2.18 bits per heavy atom. The van der Waals surface area contributed by atoms with E-state index in [1.165, 1.54) is 18.2 Å². The Morgan fingerprint density at radius 1 is 1.47 bits per heavy atom. The fourth-order valence-electron chi connectivity index (χ4n) is 1.16. The quantitative estimate of drug-likeness (QED) is 0.675. The van der Waals surface area contributed by atoms with E-state index in [0.717, 1.165) is 0 Å². The summed E-state index contributed by atoms with van der Waals surface area (Å²) in [7, 11) is -3.63. The molecule has 17 heavy (non-hydrogen) atoms. The van der Waals surface area contributed by atoms with E-state index in [0.29, 0.717) is 18.7 Å². The van der Waals surface area contributed by atoms with Crippen molar-refractivity contribution in [2.24, 2.45) is 0 Å². The Hall–Kier alpha value is -1.78. The fourth-order valence-corrected chi connectivity index (χ4v) is 2.17. The van der Waals surface area contributed by atoms with Crippen molar-refractivity contribution in [3.8, 4) is 6.07 Å². The Balaban J connectivity index is 2.92. The van der Waals surface area contributed by atoms with Crippen LogP contribution in [0.4, 0.5) is 11.4 Å². The summed E-state index contributed by atoms with van der Waals surface area (Å²) in [5.41, 5.74) is 6.31. The lowest BCUT2D eigenvalue weighted by atomic mass is 10.2. The monoisotopic (exact) mass is 254 g/mol. The summed E-state index contributed by atoms with van der Waals surface area (Å²) in [6.07, 6.45) is 0.688. The van der Waals surface area contributed by atoms with E-state index >= 15 is 0 Å². The maximum absolute atomic E-state index is 11.5. The normalized spacial score (nSPS) is 10.8. The number of nitrogens with two attached hydrogens (primary N) is 1.